The van der Waals surface area contributed by atoms with Crippen LogP contribution in [0.25, 0.3) is 15.4 Å². The van der Waals surface area contributed by atoms with Gasteiger partial charge in [0.25, 0.3) is 0 Å². The number of piperidine rings is 1. The predicted octanol–water partition coefficient (Wildman–Crippen LogP) is 7.12. The Bertz CT molecular complexity index is 2840. The highest BCUT2D eigenvalue weighted by Gasteiger charge is 2.45. The fraction of sp³-hybridized carbons (Fsp3) is 0.509. The molecule has 5 atom stereocenters. The highest BCUT2D eigenvalue weighted by atomic mass is 35.5. The number of carbonyl (C=O) groups is 4. The zero-order valence-corrected chi connectivity index (χ0v) is 44.6. The van der Waals surface area contributed by atoms with E-state index in [1.807, 2.05) is 100 Å². The van der Waals surface area contributed by atoms with Crippen LogP contribution in [0.3, 0.4) is 0 Å². The molecule has 4 amide bonds. The van der Waals surface area contributed by atoms with E-state index in [4.69, 9.17) is 21.3 Å². The Hall–Kier alpha value is -5.37. The number of nitrogens with one attached hydrogen (secondary N) is 3. The second kappa shape index (κ2) is 21.2. The molecule has 16 nitrogen and oxygen atoms in total. The van der Waals surface area contributed by atoms with Crippen molar-refractivity contribution in [2.24, 2.45) is 10.4 Å². The second-order valence-electron chi connectivity index (χ2n) is 21.0. The van der Waals surface area contributed by atoms with Crippen LogP contribution in [-0.2, 0) is 23.9 Å². The van der Waals surface area contributed by atoms with Crippen molar-refractivity contribution in [3.8, 4) is 15.4 Å². The number of aliphatic imine (C=N–C) groups is 1. The van der Waals surface area contributed by atoms with E-state index in [9.17, 15) is 24.3 Å². The molecule has 382 valence electrons. The number of thiophene rings is 1. The van der Waals surface area contributed by atoms with Gasteiger partial charge in [0.1, 0.15) is 29.0 Å². The van der Waals surface area contributed by atoms with Gasteiger partial charge in [0.15, 0.2) is 5.82 Å². The number of likely N-dealkylation sites (tertiary alicyclic amines) is 2. The molecule has 19 heteroatoms. The number of amides is 4. The fourth-order valence-corrected chi connectivity index (χ4v) is 12.4. The summed E-state index contributed by atoms with van der Waals surface area (Å²) in [6, 6.07) is 12.9. The number of hydrogen-bond acceptors (Lipinski definition) is 13. The number of halogens is 1. The summed E-state index contributed by atoms with van der Waals surface area (Å²) in [6.07, 6.45) is 2.34. The second-order valence-corrected chi connectivity index (χ2v) is 23.5. The smallest absolute Gasteiger partial charge is 0.246 e. The largest absolute Gasteiger partial charge is 0.391 e. The normalized spacial score (nSPS) is 22.2. The number of aliphatic hydroxyl groups is 1. The summed E-state index contributed by atoms with van der Waals surface area (Å²) < 4.78 is 8.55. The van der Waals surface area contributed by atoms with Gasteiger partial charge in [0.05, 0.1) is 59.1 Å². The van der Waals surface area contributed by atoms with Crippen LogP contribution >= 0.6 is 34.3 Å². The number of nitrogens with zero attached hydrogens (tertiary/aromatic N) is 7. The minimum Gasteiger partial charge on any atom is -0.391 e. The fourth-order valence-electron chi connectivity index (χ4n) is 10.3. The minimum absolute atomic E-state index is 0.00137. The van der Waals surface area contributed by atoms with Gasteiger partial charge in [-0.1, -0.05) is 68.8 Å². The number of fused-ring (bicyclic) bond motifs is 3. The summed E-state index contributed by atoms with van der Waals surface area (Å²) >= 11 is 9.53. The highest BCUT2D eigenvalue weighted by Crippen LogP contribution is 2.40. The average molecular weight is 1040 g/mol. The molecule has 0 unspecified atom stereocenters. The molecule has 1 aliphatic carbocycles. The van der Waals surface area contributed by atoms with Gasteiger partial charge in [-0.05, 0) is 94.5 Å². The van der Waals surface area contributed by atoms with Crippen LogP contribution in [0.4, 0.5) is 0 Å². The molecule has 6 heterocycles. The maximum atomic E-state index is 14.3. The van der Waals surface area contributed by atoms with Crippen LogP contribution in [0.15, 0.2) is 59.0 Å². The zero-order valence-electron chi connectivity index (χ0n) is 42.2. The molecule has 5 aromatic rings. The number of rotatable bonds is 14. The number of aromatic nitrogens is 4. The standard InChI is InChI=1S/C53H65ClN10O6S2/c1-28-31(4)72-52-45(28)46(34-13-15-36(54)16-14-34)58-41(49-61-60-32(5)64(49)52)24-43(66)57-37-21-40(22-37)70-39-17-19-62(20-18-39)26-44(67)59-48(53(6,7)8)51(69)63-25-38(65)23-42(63)50(68)56-29(2)33-9-11-35(12-10-33)47-30(3)55-27-71-47/h9-16,27,29,37-42,48,65H,17-26H2,1-8H3,(H,56,68)(H,57,66)(H,59,67)/t29-,37?,38+,40?,41-,42+,48+/m0/s1. The minimum atomic E-state index is -0.919. The Morgan fingerprint density at radius 2 is 1.60 bits per heavy atom. The van der Waals surface area contributed by atoms with Crippen LogP contribution in [-0.4, -0.2) is 127 Å². The quantitative estimate of drug-likeness (QED) is 0.0890. The Labute approximate surface area is 434 Å². The lowest BCUT2D eigenvalue weighted by Crippen LogP contribution is -2.59. The first-order valence-corrected chi connectivity index (χ1v) is 27.0. The van der Waals surface area contributed by atoms with E-state index in [0.29, 0.717) is 36.8 Å². The molecule has 0 spiro atoms. The Kier molecular flexibility index (Phi) is 15.2. The molecule has 4 N–H and O–H groups in total. The Morgan fingerprint density at radius 3 is 2.26 bits per heavy atom. The predicted molar refractivity (Wildman–Crippen MR) is 280 cm³/mol. The number of carbonyl (C=O) groups excluding carboxylic acids is 4. The number of thiazole rings is 1. The molecular weight excluding hydrogens is 972 g/mol. The van der Waals surface area contributed by atoms with Gasteiger partial charge in [-0.25, -0.2) is 4.98 Å². The third-order valence-corrected chi connectivity index (χ3v) is 17.0. The van der Waals surface area contributed by atoms with Gasteiger partial charge >= 0.3 is 0 Å². The van der Waals surface area contributed by atoms with Crippen molar-refractivity contribution in [1.29, 1.82) is 0 Å². The molecule has 3 aliphatic heterocycles. The summed E-state index contributed by atoms with van der Waals surface area (Å²) in [5.74, 6) is 0.248. The molecule has 0 radical (unpaired) electrons. The maximum absolute atomic E-state index is 14.3. The third-order valence-electron chi connectivity index (χ3n) is 14.5. The summed E-state index contributed by atoms with van der Waals surface area (Å²) in [5.41, 5.74) is 7.96. The number of benzene rings is 2. The van der Waals surface area contributed by atoms with Crippen LogP contribution in [0.5, 0.6) is 0 Å². The Morgan fingerprint density at radius 1 is 0.903 bits per heavy atom. The van der Waals surface area contributed by atoms with Gasteiger partial charge in [0, 0.05) is 53.1 Å². The van der Waals surface area contributed by atoms with Crippen LogP contribution in [0.1, 0.15) is 123 Å². The first-order valence-electron chi connectivity index (χ1n) is 24.9. The zero-order chi connectivity index (χ0) is 51.2. The third kappa shape index (κ3) is 11.1. The maximum Gasteiger partial charge on any atom is 0.246 e. The molecule has 4 aliphatic rings. The van der Waals surface area contributed by atoms with Crippen molar-refractivity contribution in [1.82, 2.24) is 45.5 Å². The van der Waals surface area contributed by atoms with E-state index in [1.165, 1.54) is 9.78 Å². The molecular formula is C53H65ClN10O6S2. The number of β-amino-alcohol motifs (C(OH)–C–C–N with tert-alkyl or cyclic N) is 1. The van der Waals surface area contributed by atoms with Crippen molar-refractivity contribution in [3.05, 3.63) is 104 Å². The van der Waals surface area contributed by atoms with Crippen molar-refractivity contribution in [3.63, 3.8) is 0 Å². The molecule has 0 bridgehead atoms. The molecule has 3 aromatic heterocycles. The first kappa shape index (κ1) is 51.5. The number of hydrogen-bond donors (Lipinski definition) is 4. The van der Waals surface area contributed by atoms with Gasteiger partial charge in [0.2, 0.25) is 23.6 Å². The lowest BCUT2D eigenvalue weighted by molar-refractivity contribution is -0.144. The van der Waals surface area contributed by atoms with Crippen LogP contribution in [0.2, 0.25) is 5.02 Å². The van der Waals surface area contributed by atoms with E-state index >= 15 is 0 Å². The van der Waals surface area contributed by atoms with Gasteiger partial charge in [-0.2, -0.15) is 0 Å². The van der Waals surface area contributed by atoms with Crippen molar-refractivity contribution in [2.45, 2.75) is 142 Å². The first-order chi connectivity index (χ1) is 34.3. The SMILES string of the molecule is Cc1ncsc1-c1ccc([C@H](C)NC(=O)[C@H]2C[C@@H](O)CN2C(=O)[C@@H](NC(=O)CN2CCC(OC3CC(NC(=O)C[C@@H]4N=C(c5ccc(Cl)cc5)c5c(sc(C)c5C)-n5c(C)nnc54)C3)CC2)C(C)(C)C)cc1. The summed E-state index contributed by atoms with van der Waals surface area (Å²) in [4.78, 5) is 70.8. The monoisotopic (exact) mass is 1040 g/mol. The number of aryl methyl sites for hydroxylation is 3. The van der Waals surface area contributed by atoms with Gasteiger partial charge in [-0.3, -0.25) is 33.6 Å². The van der Waals surface area contributed by atoms with E-state index < -0.39 is 35.6 Å². The van der Waals surface area contributed by atoms with Crippen LogP contribution < -0.4 is 16.0 Å². The van der Waals surface area contributed by atoms with Crippen molar-refractivity contribution in [2.75, 3.05) is 26.2 Å². The van der Waals surface area contributed by atoms with Crippen molar-refractivity contribution >= 4 is 63.6 Å². The van der Waals surface area contributed by atoms with Crippen molar-refractivity contribution < 1.29 is 29.0 Å². The molecule has 1 saturated carbocycles. The van der Waals surface area contributed by atoms with E-state index in [2.05, 4.69) is 49.9 Å². The van der Waals surface area contributed by atoms with E-state index in [0.717, 1.165) is 67.8 Å². The lowest BCUT2D eigenvalue weighted by Gasteiger charge is -2.40. The number of aliphatic hydroxyl groups excluding tert-OH is 1. The summed E-state index contributed by atoms with van der Waals surface area (Å²) in [7, 11) is 0. The molecule has 2 aromatic carbocycles. The summed E-state index contributed by atoms with van der Waals surface area (Å²) in [5, 5.41) is 30.6. The van der Waals surface area contributed by atoms with Gasteiger partial charge < -0.3 is 30.7 Å². The molecule has 72 heavy (non-hydrogen) atoms. The molecule has 3 fully saturated rings. The lowest BCUT2D eigenvalue weighted by atomic mass is 9.85. The Balaban J connectivity index is 0.736. The highest BCUT2D eigenvalue weighted by molar-refractivity contribution is 7.15. The molecule has 2 saturated heterocycles. The summed E-state index contributed by atoms with van der Waals surface area (Å²) in [6.45, 7) is 17.1. The molecule has 9 rings (SSSR count). The van der Waals surface area contributed by atoms with Gasteiger partial charge in [-0.15, -0.1) is 32.9 Å². The number of ether oxygens (including phenoxy) is 1. The topological polar surface area (TPSA) is 196 Å². The van der Waals surface area contributed by atoms with E-state index in [1.54, 1.807) is 22.7 Å². The van der Waals surface area contributed by atoms with Crippen LogP contribution in [0, 0.1) is 33.1 Å². The van der Waals surface area contributed by atoms with E-state index in [-0.39, 0.29) is 67.9 Å². The average Bonchev–Trinajstić information content (AvgIpc) is 4.10.